The molecule has 148 valence electrons. The number of rotatable bonds is 4. The van der Waals surface area contributed by atoms with Gasteiger partial charge in [0.2, 0.25) is 17.7 Å². The second kappa shape index (κ2) is 6.14. The molecule has 4 aliphatic heterocycles. The van der Waals surface area contributed by atoms with E-state index in [4.69, 9.17) is 0 Å². The fourth-order valence-electron chi connectivity index (χ4n) is 6.18. The van der Waals surface area contributed by atoms with Crippen LogP contribution in [0, 0.1) is 11.8 Å². The molecule has 0 saturated carbocycles. The number of anilines is 1. The Kier molecular flexibility index (Phi) is 3.92. The summed E-state index contributed by atoms with van der Waals surface area (Å²) in [5, 5.41) is 3.11. The molecule has 0 bridgehead atoms. The quantitative estimate of drug-likeness (QED) is 0.813. The average Bonchev–Trinajstić information content (AvgIpc) is 3.39. The maximum absolute atomic E-state index is 13.5. The molecule has 1 N–H and O–H groups in total. The number of hydrogen-bond acceptors (Lipinski definition) is 4. The number of likely N-dealkylation sites (tertiary alicyclic amines) is 1. The van der Waals surface area contributed by atoms with E-state index < -0.39 is 17.4 Å². The third-order valence-electron chi connectivity index (χ3n) is 7.32. The third kappa shape index (κ3) is 1.94. The molecule has 3 amide bonds. The molecule has 6 heteroatoms. The molecule has 4 aliphatic rings. The molecule has 4 atom stereocenters. The summed E-state index contributed by atoms with van der Waals surface area (Å²) in [6, 6.07) is 5.97. The first-order valence-electron chi connectivity index (χ1n) is 10.6. The summed E-state index contributed by atoms with van der Waals surface area (Å²) in [4.78, 5) is 44.0. The summed E-state index contributed by atoms with van der Waals surface area (Å²) in [6.07, 6.45) is 4.38. The number of imide groups is 1. The highest BCUT2D eigenvalue weighted by atomic mass is 16.2. The summed E-state index contributed by atoms with van der Waals surface area (Å²) >= 11 is 0. The Morgan fingerprint density at radius 1 is 1.18 bits per heavy atom. The van der Waals surface area contributed by atoms with E-state index in [1.54, 1.807) is 0 Å². The van der Waals surface area contributed by atoms with Crippen LogP contribution in [0.15, 0.2) is 18.2 Å². The summed E-state index contributed by atoms with van der Waals surface area (Å²) in [5.41, 5.74) is 1.81. The highest BCUT2D eigenvalue weighted by Crippen LogP contribution is 2.60. The van der Waals surface area contributed by atoms with Crippen LogP contribution in [-0.2, 0) is 26.3 Å². The molecular weight excluding hydrogens is 354 g/mol. The van der Waals surface area contributed by atoms with Gasteiger partial charge in [-0.05, 0) is 37.8 Å². The molecule has 0 aromatic heterocycles. The summed E-state index contributed by atoms with van der Waals surface area (Å²) in [5.74, 6) is -1.33. The zero-order valence-electron chi connectivity index (χ0n) is 16.5. The minimum Gasteiger partial charge on any atom is -0.324 e. The van der Waals surface area contributed by atoms with Crippen LogP contribution in [0.1, 0.15) is 50.7 Å². The monoisotopic (exact) mass is 381 g/mol. The molecule has 1 aromatic carbocycles. The van der Waals surface area contributed by atoms with Crippen molar-refractivity contribution < 1.29 is 14.4 Å². The zero-order valence-corrected chi connectivity index (χ0v) is 16.5. The number of hydrogen-bond donors (Lipinski definition) is 1. The van der Waals surface area contributed by atoms with Gasteiger partial charge in [0.25, 0.3) is 0 Å². The van der Waals surface area contributed by atoms with E-state index in [1.165, 1.54) is 4.90 Å². The number of unbranched alkanes of at least 4 members (excludes halogenated alkanes) is 1. The average molecular weight is 381 g/mol. The Balaban J connectivity index is 1.69. The van der Waals surface area contributed by atoms with Gasteiger partial charge in [0.15, 0.2) is 0 Å². The fourth-order valence-corrected chi connectivity index (χ4v) is 6.18. The topological polar surface area (TPSA) is 69.7 Å². The molecule has 5 rings (SSSR count). The SMILES string of the molecule is CCCCN1C(=O)C2C3CCCN3C3(C(=O)Nc4c(CC)cccc43)C2C1=O. The Hall–Kier alpha value is -2.21. The summed E-state index contributed by atoms with van der Waals surface area (Å²) in [6.45, 7) is 5.35. The number of nitrogens with one attached hydrogen (secondary N) is 1. The van der Waals surface area contributed by atoms with Crippen molar-refractivity contribution in [1.29, 1.82) is 0 Å². The molecule has 3 fully saturated rings. The number of para-hydroxylation sites is 1. The van der Waals surface area contributed by atoms with E-state index in [9.17, 15) is 14.4 Å². The molecule has 1 aromatic rings. The minimum atomic E-state index is -1.03. The lowest BCUT2D eigenvalue weighted by Crippen LogP contribution is -2.54. The predicted octanol–water partition coefficient (Wildman–Crippen LogP) is 2.28. The molecular formula is C22H27N3O3. The first-order chi connectivity index (χ1) is 13.6. The minimum absolute atomic E-state index is 0.0185. The van der Waals surface area contributed by atoms with Gasteiger partial charge in [-0.3, -0.25) is 24.2 Å². The highest BCUT2D eigenvalue weighted by molar-refractivity contribution is 6.15. The van der Waals surface area contributed by atoms with Gasteiger partial charge in [-0.25, -0.2) is 0 Å². The number of carbonyl (C=O) groups excluding carboxylic acids is 3. The maximum atomic E-state index is 13.5. The highest BCUT2D eigenvalue weighted by Gasteiger charge is 2.74. The molecule has 6 nitrogen and oxygen atoms in total. The molecule has 4 heterocycles. The zero-order chi connectivity index (χ0) is 19.6. The van der Waals surface area contributed by atoms with Crippen LogP contribution in [0.2, 0.25) is 0 Å². The maximum Gasteiger partial charge on any atom is 0.250 e. The van der Waals surface area contributed by atoms with Crippen LogP contribution in [0.3, 0.4) is 0 Å². The van der Waals surface area contributed by atoms with Crippen LogP contribution in [0.4, 0.5) is 5.69 Å². The number of amides is 3. The van der Waals surface area contributed by atoms with E-state index in [2.05, 4.69) is 24.1 Å². The van der Waals surface area contributed by atoms with Crippen LogP contribution >= 0.6 is 0 Å². The first kappa shape index (κ1) is 17.9. The molecule has 28 heavy (non-hydrogen) atoms. The van der Waals surface area contributed by atoms with E-state index in [0.29, 0.717) is 6.54 Å². The van der Waals surface area contributed by atoms with Crippen molar-refractivity contribution in [3.63, 3.8) is 0 Å². The van der Waals surface area contributed by atoms with Crippen LogP contribution < -0.4 is 5.32 Å². The smallest absolute Gasteiger partial charge is 0.250 e. The van der Waals surface area contributed by atoms with Crippen molar-refractivity contribution in [3.8, 4) is 0 Å². The van der Waals surface area contributed by atoms with Crippen LogP contribution in [-0.4, -0.2) is 46.7 Å². The molecule has 0 aliphatic carbocycles. The van der Waals surface area contributed by atoms with Gasteiger partial charge in [-0.1, -0.05) is 38.5 Å². The Bertz CT molecular complexity index is 882. The molecule has 0 radical (unpaired) electrons. The molecule has 3 saturated heterocycles. The van der Waals surface area contributed by atoms with E-state index >= 15 is 0 Å². The van der Waals surface area contributed by atoms with Crippen molar-refractivity contribution in [1.82, 2.24) is 9.80 Å². The fraction of sp³-hybridized carbons (Fsp3) is 0.591. The lowest BCUT2D eigenvalue weighted by molar-refractivity contribution is -0.145. The van der Waals surface area contributed by atoms with Gasteiger partial charge >= 0.3 is 0 Å². The molecule has 1 spiro atoms. The number of benzene rings is 1. The van der Waals surface area contributed by atoms with Gasteiger partial charge < -0.3 is 5.32 Å². The van der Waals surface area contributed by atoms with E-state index in [1.807, 2.05) is 18.2 Å². The second-order valence-electron chi connectivity index (χ2n) is 8.50. The lowest BCUT2D eigenvalue weighted by atomic mass is 9.75. The van der Waals surface area contributed by atoms with Crippen molar-refractivity contribution in [2.24, 2.45) is 11.8 Å². The van der Waals surface area contributed by atoms with E-state index in [-0.39, 0.29) is 23.8 Å². The predicted molar refractivity (Wildman–Crippen MR) is 104 cm³/mol. The van der Waals surface area contributed by atoms with Crippen molar-refractivity contribution in [2.75, 3.05) is 18.4 Å². The largest absolute Gasteiger partial charge is 0.324 e. The van der Waals surface area contributed by atoms with Gasteiger partial charge in [0.05, 0.1) is 11.8 Å². The van der Waals surface area contributed by atoms with Gasteiger partial charge in [0.1, 0.15) is 5.54 Å². The van der Waals surface area contributed by atoms with Crippen molar-refractivity contribution >= 4 is 23.4 Å². The Morgan fingerprint density at radius 2 is 2.00 bits per heavy atom. The summed E-state index contributed by atoms with van der Waals surface area (Å²) in [7, 11) is 0. The normalized spacial score (nSPS) is 33.6. The first-order valence-corrected chi connectivity index (χ1v) is 10.6. The Morgan fingerprint density at radius 3 is 2.75 bits per heavy atom. The van der Waals surface area contributed by atoms with Crippen LogP contribution in [0.25, 0.3) is 0 Å². The number of aryl methyl sites for hydroxylation is 1. The van der Waals surface area contributed by atoms with E-state index in [0.717, 1.165) is 55.5 Å². The number of carbonyl (C=O) groups is 3. The van der Waals surface area contributed by atoms with Gasteiger partial charge in [0, 0.05) is 23.8 Å². The van der Waals surface area contributed by atoms with Crippen molar-refractivity contribution in [2.45, 2.75) is 57.5 Å². The van der Waals surface area contributed by atoms with Gasteiger partial charge in [-0.2, -0.15) is 0 Å². The summed E-state index contributed by atoms with van der Waals surface area (Å²) < 4.78 is 0. The van der Waals surface area contributed by atoms with Crippen LogP contribution in [0.5, 0.6) is 0 Å². The standard InChI is InChI=1S/C22H27N3O3/c1-3-5-11-24-19(26)16-15-10-7-12-25(15)22(17(16)20(24)27)14-9-6-8-13(4-2)18(14)23-21(22)28/h6,8-9,15-17H,3-5,7,10-12H2,1-2H3,(H,23,28). The third-order valence-corrected chi connectivity index (χ3v) is 7.32. The molecule has 4 unspecified atom stereocenters. The lowest BCUT2D eigenvalue weighted by Gasteiger charge is -2.36. The Labute approximate surface area is 165 Å². The van der Waals surface area contributed by atoms with Crippen molar-refractivity contribution in [3.05, 3.63) is 29.3 Å². The number of fused-ring (bicyclic) bond motifs is 7. The second-order valence-corrected chi connectivity index (χ2v) is 8.50. The number of nitrogens with zero attached hydrogens (tertiary/aromatic N) is 2. The van der Waals surface area contributed by atoms with Gasteiger partial charge in [-0.15, -0.1) is 0 Å².